The van der Waals surface area contributed by atoms with Crippen LogP contribution >= 0.6 is 11.6 Å². The van der Waals surface area contributed by atoms with E-state index in [1.54, 1.807) is 55.8 Å². The van der Waals surface area contributed by atoms with E-state index in [2.05, 4.69) is 0 Å². The van der Waals surface area contributed by atoms with E-state index in [1.165, 1.54) is 0 Å². The fraction of sp³-hybridized carbons (Fsp3) is 0.480. The van der Waals surface area contributed by atoms with Crippen LogP contribution in [-0.2, 0) is 10.0 Å². The van der Waals surface area contributed by atoms with Crippen LogP contribution in [0.2, 0.25) is 5.02 Å². The van der Waals surface area contributed by atoms with Crippen molar-refractivity contribution in [3.8, 4) is 11.5 Å². The Hall–Kier alpha value is -2.29. The normalized spacial score (nSPS) is 18.3. The second kappa shape index (κ2) is 9.40. The number of rotatable bonds is 5. The third-order valence-corrected chi connectivity index (χ3v) is 9.62. The molecule has 1 spiro atoms. The Labute approximate surface area is 206 Å². The van der Waals surface area contributed by atoms with Gasteiger partial charge in [-0.15, -0.1) is 0 Å². The van der Waals surface area contributed by atoms with Gasteiger partial charge < -0.3 is 14.4 Å². The van der Waals surface area contributed by atoms with Crippen molar-refractivity contribution in [3.05, 3.63) is 52.0 Å². The predicted octanol–water partition coefficient (Wildman–Crippen LogP) is 4.29. The molecular weight excluding hydrogens is 476 g/mol. The van der Waals surface area contributed by atoms with E-state index in [4.69, 9.17) is 21.1 Å². The average molecular weight is 507 g/mol. The van der Waals surface area contributed by atoms with Gasteiger partial charge in [0.25, 0.3) is 5.91 Å². The number of carbonyl (C=O) groups is 1. The molecule has 1 amide bonds. The number of methoxy groups -OCH3 is 2. The summed E-state index contributed by atoms with van der Waals surface area (Å²) in [6.07, 6.45) is 2.31. The first kappa shape index (κ1) is 24.8. The molecule has 7 nitrogen and oxygen atoms in total. The van der Waals surface area contributed by atoms with Crippen molar-refractivity contribution in [1.82, 2.24) is 9.21 Å². The largest absolute Gasteiger partial charge is 0.497 e. The minimum Gasteiger partial charge on any atom is -0.497 e. The standard InChI is InChI=1S/C25H31ClN2O5S/c1-17-14-23(18(2)13-21(17)26)34(30,31)28-12-9-25(16-28)7-10-27(11-8-25)24(29)20-15-19(32-3)5-6-22(20)33-4/h5-6,13-15H,7-12,16H2,1-4H3. The van der Waals surface area contributed by atoms with E-state index in [0.717, 1.165) is 24.8 Å². The third kappa shape index (κ3) is 4.51. The zero-order valence-corrected chi connectivity index (χ0v) is 21.6. The Morgan fingerprint density at radius 3 is 2.29 bits per heavy atom. The Morgan fingerprint density at radius 1 is 0.971 bits per heavy atom. The SMILES string of the molecule is COc1ccc(OC)c(C(=O)N2CCC3(CC2)CCN(S(=O)(=O)c2cc(C)c(Cl)cc2C)C3)c1. The van der Waals surface area contributed by atoms with Gasteiger partial charge in [-0.25, -0.2) is 8.42 Å². The molecule has 0 saturated carbocycles. The summed E-state index contributed by atoms with van der Waals surface area (Å²) in [6, 6.07) is 8.58. The van der Waals surface area contributed by atoms with E-state index in [-0.39, 0.29) is 11.3 Å². The molecule has 184 valence electrons. The molecule has 9 heteroatoms. The van der Waals surface area contributed by atoms with Gasteiger partial charge in [0.15, 0.2) is 0 Å². The maximum absolute atomic E-state index is 13.4. The number of likely N-dealkylation sites (tertiary alicyclic amines) is 1. The first-order valence-electron chi connectivity index (χ1n) is 11.4. The minimum atomic E-state index is -3.61. The highest BCUT2D eigenvalue weighted by molar-refractivity contribution is 7.89. The molecule has 34 heavy (non-hydrogen) atoms. The molecule has 0 radical (unpaired) electrons. The Kier molecular flexibility index (Phi) is 6.86. The van der Waals surface area contributed by atoms with Crippen molar-refractivity contribution in [3.63, 3.8) is 0 Å². The first-order valence-corrected chi connectivity index (χ1v) is 13.2. The van der Waals surface area contributed by atoms with Crippen LogP contribution in [0.5, 0.6) is 11.5 Å². The summed E-state index contributed by atoms with van der Waals surface area (Å²) in [5.41, 5.74) is 1.77. The lowest BCUT2D eigenvalue weighted by Gasteiger charge is -2.39. The van der Waals surface area contributed by atoms with Gasteiger partial charge in [-0.05, 0) is 80.0 Å². The van der Waals surface area contributed by atoms with Crippen LogP contribution in [0.3, 0.4) is 0 Å². The maximum Gasteiger partial charge on any atom is 0.257 e. The minimum absolute atomic E-state index is 0.0969. The number of piperidine rings is 1. The number of halogens is 1. The van der Waals surface area contributed by atoms with Crippen LogP contribution in [0.15, 0.2) is 35.2 Å². The fourth-order valence-electron chi connectivity index (χ4n) is 5.01. The molecule has 2 aliphatic rings. The van der Waals surface area contributed by atoms with Crippen LogP contribution in [0, 0.1) is 19.3 Å². The van der Waals surface area contributed by atoms with Crippen molar-refractivity contribution in [2.75, 3.05) is 40.4 Å². The van der Waals surface area contributed by atoms with Gasteiger partial charge in [0.1, 0.15) is 11.5 Å². The highest BCUT2D eigenvalue weighted by Crippen LogP contribution is 2.43. The molecule has 0 N–H and O–H groups in total. The van der Waals surface area contributed by atoms with Gasteiger partial charge in [-0.1, -0.05) is 11.6 Å². The summed E-state index contributed by atoms with van der Waals surface area (Å²) in [5.74, 6) is 1.01. The van der Waals surface area contributed by atoms with E-state index >= 15 is 0 Å². The zero-order valence-electron chi connectivity index (χ0n) is 20.1. The molecule has 0 bridgehead atoms. The van der Waals surface area contributed by atoms with Crippen LogP contribution in [0.1, 0.15) is 40.7 Å². The molecule has 2 saturated heterocycles. The second-order valence-corrected chi connectivity index (χ2v) is 11.6. The number of sulfonamides is 1. The van der Waals surface area contributed by atoms with E-state index < -0.39 is 10.0 Å². The van der Waals surface area contributed by atoms with Crippen molar-refractivity contribution in [2.45, 2.75) is 38.0 Å². The van der Waals surface area contributed by atoms with Gasteiger partial charge in [0.2, 0.25) is 10.0 Å². The monoisotopic (exact) mass is 506 g/mol. The lowest BCUT2D eigenvalue weighted by Crippen LogP contribution is -2.44. The van der Waals surface area contributed by atoms with Crippen LogP contribution in [0.25, 0.3) is 0 Å². The fourth-order valence-corrected chi connectivity index (χ4v) is 7.08. The molecule has 2 heterocycles. The molecular formula is C25H31ClN2O5S. The quantitative estimate of drug-likeness (QED) is 0.604. The predicted molar refractivity (Wildman–Crippen MR) is 131 cm³/mol. The average Bonchev–Trinajstić information content (AvgIpc) is 3.25. The topological polar surface area (TPSA) is 76.2 Å². The van der Waals surface area contributed by atoms with Gasteiger partial charge >= 0.3 is 0 Å². The van der Waals surface area contributed by atoms with Gasteiger partial charge in [0.05, 0.1) is 24.7 Å². The lowest BCUT2D eigenvalue weighted by atomic mass is 9.78. The first-order chi connectivity index (χ1) is 16.1. The number of hydrogen-bond donors (Lipinski definition) is 0. The molecule has 2 aliphatic heterocycles. The van der Waals surface area contributed by atoms with E-state index in [9.17, 15) is 13.2 Å². The number of amides is 1. The van der Waals surface area contributed by atoms with E-state index in [0.29, 0.717) is 58.7 Å². The second-order valence-electron chi connectivity index (χ2n) is 9.31. The van der Waals surface area contributed by atoms with Crippen molar-refractivity contribution in [2.24, 2.45) is 5.41 Å². The summed E-state index contributed by atoms with van der Waals surface area (Å²) in [4.78, 5) is 15.4. The van der Waals surface area contributed by atoms with Crippen LogP contribution in [-0.4, -0.2) is 63.9 Å². The number of aryl methyl sites for hydroxylation is 2. The van der Waals surface area contributed by atoms with Crippen molar-refractivity contribution >= 4 is 27.5 Å². The number of ether oxygens (including phenoxy) is 2. The number of benzene rings is 2. The summed E-state index contributed by atoms with van der Waals surface area (Å²) >= 11 is 6.18. The van der Waals surface area contributed by atoms with Gasteiger partial charge in [-0.2, -0.15) is 4.31 Å². The van der Waals surface area contributed by atoms with Gasteiger partial charge in [0, 0.05) is 31.2 Å². The zero-order chi connectivity index (χ0) is 24.7. The molecule has 0 aliphatic carbocycles. The number of carbonyl (C=O) groups excluding carboxylic acids is 1. The highest BCUT2D eigenvalue weighted by Gasteiger charge is 2.45. The highest BCUT2D eigenvalue weighted by atomic mass is 35.5. The Bertz CT molecular complexity index is 1210. The lowest BCUT2D eigenvalue weighted by molar-refractivity contribution is 0.0596. The molecule has 2 fully saturated rings. The maximum atomic E-state index is 13.4. The Balaban J connectivity index is 1.47. The Morgan fingerprint density at radius 2 is 1.65 bits per heavy atom. The molecule has 0 atom stereocenters. The number of hydrogen-bond acceptors (Lipinski definition) is 5. The molecule has 2 aromatic carbocycles. The van der Waals surface area contributed by atoms with Gasteiger partial charge in [-0.3, -0.25) is 4.79 Å². The summed E-state index contributed by atoms with van der Waals surface area (Å²) in [7, 11) is -0.504. The summed E-state index contributed by atoms with van der Waals surface area (Å²) < 4.78 is 39.1. The molecule has 2 aromatic rings. The smallest absolute Gasteiger partial charge is 0.257 e. The summed E-state index contributed by atoms with van der Waals surface area (Å²) in [6.45, 7) is 5.71. The number of nitrogens with zero attached hydrogens (tertiary/aromatic N) is 2. The van der Waals surface area contributed by atoms with Crippen molar-refractivity contribution < 1.29 is 22.7 Å². The third-order valence-electron chi connectivity index (χ3n) is 7.23. The van der Waals surface area contributed by atoms with Crippen molar-refractivity contribution in [1.29, 1.82) is 0 Å². The summed E-state index contributed by atoms with van der Waals surface area (Å²) in [5, 5.41) is 0.569. The van der Waals surface area contributed by atoms with Crippen LogP contribution < -0.4 is 9.47 Å². The van der Waals surface area contributed by atoms with E-state index in [1.807, 2.05) is 11.8 Å². The molecule has 4 rings (SSSR count). The van der Waals surface area contributed by atoms with Crippen LogP contribution in [0.4, 0.5) is 0 Å². The molecule has 0 aromatic heterocycles. The molecule has 0 unspecified atom stereocenters.